The Morgan fingerprint density at radius 2 is 2.12 bits per heavy atom. The molecule has 2 rings (SSSR count). The minimum absolute atomic E-state index is 0.457. The van der Waals surface area contributed by atoms with Crippen molar-refractivity contribution in [2.45, 2.75) is 71.4 Å². The van der Waals surface area contributed by atoms with E-state index in [9.17, 15) is 4.79 Å². The lowest BCUT2D eigenvalue weighted by atomic mass is 9.74. The van der Waals surface area contributed by atoms with Crippen LogP contribution < -0.4 is 0 Å². The third-order valence-corrected chi connectivity index (χ3v) is 4.39. The Labute approximate surface area is 99.4 Å². The van der Waals surface area contributed by atoms with Crippen molar-refractivity contribution in [3.8, 4) is 0 Å². The van der Waals surface area contributed by atoms with Crippen molar-refractivity contribution in [1.82, 2.24) is 4.90 Å². The van der Waals surface area contributed by atoms with Crippen LogP contribution in [0.3, 0.4) is 0 Å². The van der Waals surface area contributed by atoms with Gasteiger partial charge in [0.25, 0.3) is 0 Å². The first-order chi connectivity index (χ1) is 7.48. The summed E-state index contributed by atoms with van der Waals surface area (Å²) in [4.78, 5) is 14.0. The number of rotatable bonds is 1. The first-order valence-electron chi connectivity index (χ1n) is 6.75. The number of piperidine rings is 1. The molecule has 1 saturated heterocycles. The molecule has 0 amide bonds. The average Bonchev–Trinajstić information content (AvgIpc) is 2.15. The lowest BCUT2D eigenvalue weighted by molar-refractivity contribution is -0.124. The Balaban J connectivity index is 1.99. The summed E-state index contributed by atoms with van der Waals surface area (Å²) >= 11 is 0. The molecule has 2 unspecified atom stereocenters. The number of hydrogen-bond donors (Lipinski definition) is 0. The average molecular weight is 223 g/mol. The molecule has 0 aromatic heterocycles. The Kier molecular flexibility index (Phi) is 3.39. The molecule has 1 saturated carbocycles. The second kappa shape index (κ2) is 4.48. The molecule has 2 heteroatoms. The molecule has 2 fully saturated rings. The number of likely N-dealkylation sites (tertiary alicyclic amines) is 1. The molecule has 0 aromatic rings. The van der Waals surface area contributed by atoms with Crippen molar-refractivity contribution in [3.63, 3.8) is 0 Å². The van der Waals surface area contributed by atoms with Gasteiger partial charge in [-0.25, -0.2) is 0 Å². The van der Waals surface area contributed by atoms with Crippen LogP contribution in [-0.2, 0) is 4.79 Å². The van der Waals surface area contributed by atoms with Gasteiger partial charge >= 0.3 is 0 Å². The van der Waals surface area contributed by atoms with Gasteiger partial charge < -0.3 is 0 Å². The normalized spacial score (nSPS) is 36.3. The highest BCUT2D eigenvalue weighted by atomic mass is 16.1. The zero-order valence-electron chi connectivity index (χ0n) is 11.0. The van der Waals surface area contributed by atoms with Gasteiger partial charge in [-0.15, -0.1) is 0 Å². The molecule has 2 nitrogen and oxygen atoms in total. The summed E-state index contributed by atoms with van der Waals surface area (Å²) in [6.07, 6.45) is 6.92. The molecule has 2 aliphatic rings. The number of Topliss-reactive ketones (excluding diaryl/α,β-unsaturated/α-hetero) is 1. The lowest BCUT2D eigenvalue weighted by Crippen LogP contribution is -2.49. The maximum Gasteiger partial charge on any atom is 0.135 e. The summed E-state index contributed by atoms with van der Waals surface area (Å²) in [7, 11) is 0. The highest BCUT2D eigenvalue weighted by Crippen LogP contribution is 2.38. The van der Waals surface area contributed by atoms with Crippen molar-refractivity contribution < 1.29 is 4.79 Å². The molecule has 1 aliphatic heterocycles. The maximum atomic E-state index is 11.4. The number of hydrogen-bond acceptors (Lipinski definition) is 2. The van der Waals surface area contributed by atoms with E-state index >= 15 is 0 Å². The minimum atomic E-state index is 0.457. The smallest absolute Gasteiger partial charge is 0.135 e. The summed E-state index contributed by atoms with van der Waals surface area (Å²) in [6.45, 7) is 8.00. The quantitative estimate of drug-likeness (QED) is 0.681. The van der Waals surface area contributed by atoms with Crippen LogP contribution in [0.4, 0.5) is 0 Å². The number of carbonyl (C=O) groups is 1. The molecule has 1 aliphatic carbocycles. The van der Waals surface area contributed by atoms with Gasteiger partial charge in [-0.05, 0) is 31.6 Å². The highest BCUT2D eigenvalue weighted by Gasteiger charge is 2.35. The molecule has 16 heavy (non-hydrogen) atoms. The highest BCUT2D eigenvalue weighted by molar-refractivity contribution is 5.79. The molecule has 2 atom stereocenters. The van der Waals surface area contributed by atoms with E-state index in [0.29, 0.717) is 17.2 Å². The maximum absolute atomic E-state index is 11.4. The molecule has 1 heterocycles. The summed E-state index contributed by atoms with van der Waals surface area (Å²) in [5.41, 5.74) is 0.504. The third-order valence-electron chi connectivity index (χ3n) is 4.39. The molecule has 92 valence electrons. The van der Waals surface area contributed by atoms with Crippen LogP contribution in [0, 0.1) is 5.41 Å². The fourth-order valence-electron chi connectivity index (χ4n) is 3.51. The Morgan fingerprint density at radius 1 is 1.38 bits per heavy atom. The van der Waals surface area contributed by atoms with Crippen LogP contribution in [0.5, 0.6) is 0 Å². The summed E-state index contributed by atoms with van der Waals surface area (Å²) in [6, 6.07) is 1.20. The van der Waals surface area contributed by atoms with E-state index < -0.39 is 0 Å². The predicted octanol–water partition coefficient (Wildman–Crippen LogP) is 3.01. The van der Waals surface area contributed by atoms with Crippen molar-refractivity contribution in [2.24, 2.45) is 5.41 Å². The van der Waals surface area contributed by atoms with Gasteiger partial charge in [-0.1, -0.05) is 20.3 Å². The van der Waals surface area contributed by atoms with E-state index in [-0.39, 0.29) is 0 Å². The summed E-state index contributed by atoms with van der Waals surface area (Å²) in [5, 5.41) is 0. The van der Waals surface area contributed by atoms with Gasteiger partial charge in [0, 0.05) is 31.5 Å². The van der Waals surface area contributed by atoms with E-state index in [4.69, 9.17) is 0 Å². The van der Waals surface area contributed by atoms with Crippen LogP contribution in [0.15, 0.2) is 0 Å². The van der Waals surface area contributed by atoms with Gasteiger partial charge in [-0.2, -0.15) is 0 Å². The molecule has 0 spiro atoms. The van der Waals surface area contributed by atoms with Crippen molar-refractivity contribution in [2.75, 3.05) is 6.54 Å². The van der Waals surface area contributed by atoms with Crippen molar-refractivity contribution in [3.05, 3.63) is 0 Å². The zero-order chi connectivity index (χ0) is 11.8. The standard InChI is InChI=1S/C14H25NO/c1-11-9-13(16)6-8-15(11)12-5-4-7-14(2,3)10-12/h11-12H,4-10H2,1-3H3. The Bertz CT molecular complexity index is 272. The van der Waals surface area contributed by atoms with Gasteiger partial charge in [0.05, 0.1) is 0 Å². The summed E-state index contributed by atoms with van der Waals surface area (Å²) in [5.74, 6) is 0.457. The molecule has 0 aromatic carbocycles. The zero-order valence-corrected chi connectivity index (χ0v) is 11.0. The minimum Gasteiger partial charge on any atom is -0.300 e. The van der Waals surface area contributed by atoms with Crippen LogP contribution in [0.2, 0.25) is 0 Å². The molecule has 0 bridgehead atoms. The van der Waals surface area contributed by atoms with Crippen molar-refractivity contribution in [1.29, 1.82) is 0 Å². The first kappa shape index (κ1) is 12.1. The van der Waals surface area contributed by atoms with Gasteiger partial charge in [0.15, 0.2) is 0 Å². The van der Waals surface area contributed by atoms with E-state index in [1.165, 1.54) is 25.7 Å². The molecular formula is C14H25NO. The largest absolute Gasteiger partial charge is 0.300 e. The van der Waals surface area contributed by atoms with Crippen LogP contribution >= 0.6 is 0 Å². The van der Waals surface area contributed by atoms with Gasteiger partial charge in [0.1, 0.15) is 5.78 Å². The SMILES string of the molecule is CC1CC(=O)CCN1C1CCCC(C)(C)C1. The lowest BCUT2D eigenvalue weighted by Gasteiger charge is -2.45. The molecular weight excluding hydrogens is 198 g/mol. The topological polar surface area (TPSA) is 20.3 Å². The van der Waals surface area contributed by atoms with Crippen LogP contribution in [-0.4, -0.2) is 29.3 Å². The van der Waals surface area contributed by atoms with E-state index in [1.54, 1.807) is 0 Å². The fraction of sp³-hybridized carbons (Fsp3) is 0.929. The molecule has 0 radical (unpaired) electrons. The van der Waals surface area contributed by atoms with E-state index in [0.717, 1.165) is 25.4 Å². The van der Waals surface area contributed by atoms with Crippen LogP contribution in [0.25, 0.3) is 0 Å². The second-order valence-electron chi connectivity index (χ2n) is 6.49. The van der Waals surface area contributed by atoms with E-state index in [2.05, 4.69) is 25.7 Å². The van der Waals surface area contributed by atoms with Crippen LogP contribution in [0.1, 0.15) is 59.3 Å². The predicted molar refractivity (Wildman–Crippen MR) is 66.4 cm³/mol. The summed E-state index contributed by atoms with van der Waals surface area (Å²) < 4.78 is 0. The van der Waals surface area contributed by atoms with Gasteiger partial charge in [-0.3, -0.25) is 9.69 Å². The van der Waals surface area contributed by atoms with Crippen molar-refractivity contribution >= 4 is 5.78 Å². The van der Waals surface area contributed by atoms with E-state index in [1.807, 2.05) is 0 Å². The number of carbonyl (C=O) groups excluding carboxylic acids is 1. The van der Waals surface area contributed by atoms with Gasteiger partial charge in [0.2, 0.25) is 0 Å². The Morgan fingerprint density at radius 3 is 2.75 bits per heavy atom. The second-order valence-corrected chi connectivity index (χ2v) is 6.49. The first-order valence-corrected chi connectivity index (χ1v) is 6.75. The third kappa shape index (κ3) is 2.65. The number of ketones is 1. The Hall–Kier alpha value is -0.370. The monoisotopic (exact) mass is 223 g/mol. The number of nitrogens with zero attached hydrogens (tertiary/aromatic N) is 1. The fourth-order valence-corrected chi connectivity index (χ4v) is 3.51. The molecule has 0 N–H and O–H groups in total.